The third-order valence-corrected chi connectivity index (χ3v) is 6.65. The zero-order valence-electron chi connectivity index (χ0n) is 18.6. The highest BCUT2D eigenvalue weighted by Crippen LogP contribution is 2.34. The molecule has 3 aliphatic rings. The first-order valence-electron chi connectivity index (χ1n) is 12.0. The van der Waals surface area contributed by atoms with Crippen LogP contribution in [0.3, 0.4) is 0 Å². The number of hydrogen-bond donors (Lipinski definition) is 2. The van der Waals surface area contributed by atoms with E-state index in [9.17, 15) is 9.59 Å². The Hall–Kier alpha value is -2.67. The monoisotopic (exact) mass is 436 g/mol. The minimum Gasteiger partial charge on any atom is -0.491 e. The van der Waals surface area contributed by atoms with Crippen LogP contribution in [0, 0.1) is 11.8 Å². The summed E-state index contributed by atoms with van der Waals surface area (Å²) in [6.07, 6.45) is 13.5. The van der Waals surface area contributed by atoms with Gasteiger partial charge >= 0.3 is 0 Å². The molecule has 2 saturated carbocycles. The lowest BCUT2D eigenvalue weighted by atomic mass is 9.93. The van der Waals surface area contributed by atoms with Crippen molar-refractivity contribution < 1.29 is 14.3 Å². The van der Waals surface area contributed by atoms with Crippen LogP contribution in [0.25, 0.3) is 0 Å². The summed E-state index contributed by atoms with van der Waals surface area (Å²) in [5.41, 5.74) is 2.32. The number of carbonyl (C=O) groups is 2. The molecule has 1 amide bonds. The SMILES string of the molecule is O=C(Nc1cnccc1OCCCN(CC1CC1)CC1CC1)c1c[nH]c2c1C(=O)CCC2. The van der Waals surface area contributed by atoms with Crippen LogP contribution in [0.1, 0.15) is 71.4 Å². The van der Waals surface area contributed by atoms with E-state index in [1.165, 1.54) is 38.8 Å². The van der Waals surface area contributed by atoms with Crippen LogP contribution in [0.2, 0.25) is 0 Å². The number of anilines is 1. The van der Waals surface area contributed by atoms with Gasteiger partial charge in [-0.05, 0) is 56.8 Å². The molecule has 0 radical (unpaired) electrons. The van der Waals surface area contributed by atoms with Gasteiger partial charge in [-0.15, -0.1) is 0 Å². The second kappa shape index (κ2) is 9.45. The number of Topliss-reactive ketones (excluding diaryl/α,β-unsaturated/α-hetero) is 1. The van der Waals surface area contributed by atoms with Gasteiger partial charge in [0.2, 0.25) is 0 Å². The molecule has 170 valence electrons. The Morgan fingerprint density at radius 3 is 2.72 bits per heavy atom. The standard InChI is InChI=1S/C25H32N4O3/c30-22-4-1-3-20-24(22)19(13-27-20)25(31)28-21-14-26-10-9-23(21)32-12-2-11-29(15-17-5-6-17)16-18-7-8-18/h9-10,13-14,17-18,27H,1-8,11-12,15-16H2,(H,28,31). The smallest absolute Gasteiger partial charge is 0.258 e. The van der Waals surface area contributed by atoms with E-state index in [4.69, 9.17) is 4.74 Å². The van der Waals surface area contributed by atoms with Crippen LogP contribution in [0.5, 0.6) is 5.75 Å². The highest BCUT2D eigenvalue weighted by atomic mass is 16.5. The average Bonchev–Trinajstić information content (AvgIpc) is 3.72. The number of ether oxygens (including phenoxy) is 1. The fourth-order valence-electron chi connectivity index (χ4n) is 4.56. The van der Waals surface area contributed by atoms with E-state index in [1.54, 1.807) is 24.7 Å². The second-order valence-electron chi connectivity index (χ2n) is 9.51. The summed E-state index contributed by atoms with van der Waals surface area (Å²) < 4.78 is 6.02. The molecule has 0 bridgehead atoms. The van der Waals surface area contributed by atoms with Crippen molar-refractivity contribution in [1.82, 2.24) is 14.9 Å². The molecule has 7 heteroatoms. The van der Waals surface area contributed by atoms with Crippen molar-refractivity contribution in [3.63, 3.8) is 0 Å². The third-order valence-electron chi connectivity index (χ3n) is 6.65. The number of rotatable bonds is 11. The normalized spacial score (nSPS) is 18.0. The molecule has 2 heterocycles. The van der Waals surface area contributed by atoms with Gasteiger partial charge < -0.3 is 19.9 Å². The molecule has 0 aromatic carbocycles. The van der Waals surface area contributed by atoms with Crippen molar-refractivity contribution in [3.05, 3.63) is 41.5 Å². The molecule has 0 saturated heterocycles. The number of H-pyrrole nitrogens is 1. The van der Waals surface area contributed by atoms with Crippen molar-refractivity contribution in [2.45, 2.75) is 51.4 Å². The van der Waals surface area contributed by atoms with Gasteiger partial charge in [-0.25, -0.2) is 0 Å². The van der Waals surface area contributed by atoms with Crippen LogP contribution in [0.15, 0.2) is 24.7 Å². The molecule has 32 heavy (non-hydrogen) atoms. The predicted octanol–water partition coefficient (Wildman–Crippen LogP) is 4.07. The maximum absolute atomic E-state index is 12.9. The number of aromatic nitrogens is 2. The van der Waals surface area contributed by atoms with Gasteiger partial charge in [0.25, 0.3) is 5.91 Å². The number of fused-ring (bicyclic) bond motifs is 1. The summed E-state index contributed by atoms with van der Waals surface area (Å²) in [4.78, 5) is 35.1. The van der Waals surface area contributed by atoms with Crippen LogP contribution in [-0.4, -0.2) is 52.8 Å². The number of carbonyl (C=O) groups excluding carboxylic acids is 2. The maximum Gasteiger partial charge on any atom is 0.258 e. The Morgan fingerprint density at radius 2 is 1.97 bits per heavy atom. The molecule has 2 N–H and O–H groups in total. The molecule has 0 unspecified atom stereocenters. The Balaban J connectivity index is 1.16. The van der Waals surface area contributed by atoms with Crippen LogP contribution >= 0.6 is 0 Å². The number of nitrogens with one attached hydrogen (secondary N) is 2. The minimum absolute atomic E-state index is 0.0299. The van der Waals surface area contributed by atoms with Crippen molar-refractivity contribution >= 4 is 17.4 Å². The molecule has 5 rings (SSSR count). The maximum atomic E-state index is 12.9. The van der Waals surface area contributed by atoms with E-state index in [2.05, 4.69) is 20.2 Å². The summed E-state index contributed by atoms with van der Waals surface area (Å²) in [7, 11) is 0. The minimum atomic E-state index is -0.310. The molecule has 2 fully saturated rings. The largest absolute Gasteiger partial charge is 0.491 e. The predicted molar refractivity (Wildman–Crippen MR) is 122 cm³/mol. The van der Waals surface area contributed by atoms with Crippen LogP contribution in [-0.2, 0) is 6.42 Å². The molecule has 0 spiro atoms. The van der Waals surface area contributed by atoms with Crippen molar-refractivity contribution in [3.8, 4) is 5.75 Å². The molecule has 2 aromatic rings. The summed E-state index contributed by atoms with van der Waals surface area (Å²) in [6, 6.07) is 1.78. The van der Waals surface area contributed by atoms with Crippen LogP contribution in [0.4, 0.5) is 5.69 Å². The first-order valence-corrected chi connectivity index (χ1v) is 12.0. The lowest BCUT2D eigenvalue weighted by molar-refractivity contribution is 0.0956. The first-order chi connectivity index (χ1) is 15.7. The van der Waals surface area contributed by atoms with Crippen molar-refractivity contribution in [1.29, 1.82) is 0 Å². The summed E-state index contributed by atoms with van der Waals surface area (Å²) >= 11 is 0. The lowest BCUT2D eigenvalue weighted by Gasteiger charge is -2.22. The zero-order valence-corrected chi connectivity index (χ0v) is 18.6. The number of nitrogens with zero attached hydrogens (tertiary/aromatic N) is 2. The molecule has 3 aliphatic carbocycles. The molecule has 0 atom stereocenters. The van der Waals surface area contributed by atoms with Gasteiger partial charge in [-0.3, -0.25) is 14.6 Å². The summed E-state index contributed by atoms with van der Waals surface area (Å²) in [5, 5.41) is 2.89. The molecular formula is C25H32N4O3. The number of aryl methyl sites for hydroxylation is 1. The topological polar surface area (TPSA) is 87.3 Å². The Bertz CT molecular complexity index is 963. The van der Waals surface area contributed by atoms with E-state index in [0.717, 1.165) is 43.3 Å². The number of ketones is 1. The van der Waals surface area contributed by atoms with Gasteiger partial charge in [0.15, 0.2) is 5.78 Å². The average molecular weight is 437 g/mol. The van der Waals surface area contributed by atoms with E-state index < -0.39 is 0 Å². The second-order valence-corrected chi connectivity index (χ2v) is 9.51. The number of amides is 1. The van der Waals surface area contributed by atoms with Gasteiger partial charge in [0.1, 0.15) is 11.4 Å². The zero-order chi connectivity index (χ0) is 21.9. The fraction of sp³-hybridized carbons (Fsp3) is 0.560. The van der Waals surface area contributed by atoms with E-state index in [1.807, 2.05) is 0 Å². The molecule has 2 aromatic heterocycles. The fourth-order valence-corrected chi connectivity index (χ4v) is 4.56. The van der Waals surface area contributed by atoms with E-state index in [-0.39, 0.29) is 11.7 Å². The molecule has 7 nitrogen and oxygen atoms in total. The number of hydrogen-bond acceptors (Lipinski definition) is 5. The molecular weight excluding hydrogens is 404 g/mol. The third kappa shape index (κ3) is 5.21. The van der Waals surface area contributed by atoms with Gasteiger partial charge in [0.05, 0.1) is 23.9 Å². The lowest BCUT2D eigenvalue weighted by Crippen LogP contribution is -2.30. The number of aromatic amines is 1. The van der Waals surface area contributed by atoms with Crippen molar-refractivity contribution in [2.75, 3.05) is 31.6 Å². The van der Waals surface area contributed by atoms with E-state index >= 15 is 0 Å². The highest BCUT2D eigenvalue weighted by Gasteiger charge is 2.29. The van der Waals surface area contributed by atoms with Gasteiger partial charge in [-0.2, -0.15) is 0 Å². The Morgan fingerprint density at radius 1 is 1.19 bits per heavy atom. The summed E-state index contributed by atoms with van der Waals surface area (Å²) in [6.45, 7) is 4.10. The first kappa shape index (κ1) is 21.2. The highest BCUT2D eigenvalue weighted by molar-refractivity contribution is 6.13. The van der Waals surface area contributed by atoms with Gasteiger partial charge in [0, 0.05) is 50.2 Å². The van der Waals surface area contributed by atoms with Gasteiger partial charge in [-0.1, -0.05) is 0 Å². The van der Waals surface area contributed by atoms with E-state index in [0.29, 0.717) is 35.6 Å². The van der Waals surface area contributed by atoms with Crippen molar-refractivity contribution in [2.24, 2.45) is 11.8 Å². The Labute approximate surface area is 188 Å². The van der Waals surface area contributed by atoms with Crippen LogP contribution < -0.4 is 10.1 Å². The summed E-state index contributed by atoms with van der Waals surface area (Å²) in [5.74, 6) is 2.14. The Kier molecular flexibility index (Phi) is 6.26. The molecule has 0 aliphatic heterocycles. The quantitative estimate of drug-likeness (QED) is 0.519. The number of pyridine rings is 1.